The van der Waals surface area contributed by atoms with Gasteiger partial charge < -0.3 is 31.7 Å². The second kappa shape index (κ2) is 16.1. The average Bonchev–Trinajstić information content (AvgIpc) is 3.56. The minimum absolute atomic E-state index is 0.0275. The molecule has 3 aromatic rings. The summed E-state index contributed by atoms with van der Waals surface area (Å²) in [5.74, 6) is 0.0320. The van der Waals surface area contributed by atoms with E-state index in [-0.39, 0.29) is 52.4 Å². The van der Waals surface area contributed by atoms with Gasteiger partial charge in [-0.25, -0.2) is 13.4 Å². The number of ether oxygens (including phenoxy) is 1. The van der Waals surface area contributed by atoms with Gasteiger partial charge in [-0.2, -0.15) is 4.72 Å². The lowest BCUT2D eigenvalue weighted by molar-refractivity contribution is -0.144. The highest BCUT2D eigenvalue weighted by Gasteiger charge is 2.47. The maximum atomic E-state index is 14.1. The van der Waals surface area contributed by atoms with Gasteiger partial charge >= 0.3 is 0 Å². The van der Waals surface area contributed by atoms with Crippen molar-refractivity contribution >= 4 is 61.9 Å². The van der Waals surface area contributed by atoms with E-state index in [0.29, 0.717) is 81.4 Å². The normalized spacial score (nSPS) is 16.7. The lowest BCUT2D eigenvalue weighted by Gasteiger charge is -2.40. The number of para-hydroxylation sites is 1. The van der Waals surface area contributed by atoms with Crippen molar-refractivity contribution in [3.63, 3.8) is 0 Å². The van der Waals surface area contributed by atoms with E-state index in [0.717, 1.165) is 11.1 Å². The predicted octanol–water partition coefficient (Wildman–Crippen LogP) is 3.46. The highest BCUT2D eigenvalue weighted by atomic mass is 35.5. The topological polar surface area (TPSA) is 199 Å². The van der Waals surface area contributed by atoms with Crippen LogP contribution in [0.5, 0.6) is 5.75 Å². The van der Waals surface area contributed by atoms with E-state index >= 15 is 0 Å². The SMILES string of the molecule is Cc1ccc2cccc(OCc3c(Cl)ccc(S(=O)(=O)NC4(C(=O)N5CCN(C(=O)[C@@H](N)CCCCN=C(N)N)CC5)CCCC4)c3Cl)c2n1. The number of rotatable bonds is 13. The van der Waals surface area contributed by atoms with Gasteiger partial charge in [-0.05, 0) is 63.3 Å². The number of pyridine rings is 1. The Hall–Kier alpha value is -3.69. The van der Waals surface area contributed by atoms with Crippen LogP contribution >= 0.6 is 23.2 Å². The summed E-state index contributed by atoms with van der Waals surface area (Å²) < 4.78 is 36.8. The summed E-state index contributed by atoms with van der Waals surface area (Å²) in [4.78, 5) is 38.6. The minimum Gasteiger partial charge on any atom is -0.487 e. The first-order valence-electron chi connectivity index (χ1n) is 16.7. The number of aromatic nitrogens is 1. The van der Waals surface area contributed by atoms with E-state index in [1.807, 2.05) is 31.2 Å². The molecule has 0 unspecified atom stereocenters. The molecule has 5 rings (SSSR count). The number of hydrogen-bond acceptors (Lipinski definition) is 8. The van der Waals surface area contributed by atoms with Gasteiger partial charge in [0.15, 0.2) is 5.96 Å². The van der Waals surface area contributed by atoms with E-state index in [2.05, 4.69) is 14.7 Å². The third-order valence-corrected chi connectivity index (χ3v) is 11.7. The summed E-state index contributed by atoms with van der Waals surface area (Å²) in [6.45, 7) is 3.37. The Bertz CT molecular complexity index is 1860. The zero-order chi connectivity index (χ0) is 36.1. The summed E-state index contributed by atoms with van der Waals surface area (Å²) in [5.41, 5.74) is 17.3. The number of nitrogens with zero attached hydrogens (tertiary/aromatic N) is 4. The molecule has 2 aromatic carbocycles. The molecule has 1 aromatic heterocycles. The average molecular weight is 748 g/mol. The van der Waals surface area contributed by atoms with Crippen molar-refractivity contribution in [3.05, 3.63) is 63.8 Å². The lowest BCUT2D eigenvalue weighted by Crippen LogP contribution is -2.62. The van der Waals surface area contributed by atoms with Crippen molar-refractivity contribution in [1.29, 1.82) is 0 Å². The summed E-state index contributed by atoms with van der Waals surface area (Å²) in [7, 11) is -4.29. The number of hydrogen-bond donors (Lipinski definition) is 4. The molecule has 1 aliphatic carbocycles. The number of nitrogens with one attached hydrogen (secondary N) is 1. The van der Waals surface area contributed by atoms with Gasteiger partial charge in [0.2, 0.25) is 21.8 Å². The molecule has 0 spiro atoms. The number of amides is 2. The number of aryl methyl sites for hydroxylation is 1. The fourth-order valence-electron chi connectivity index (χ4n) is 6.52. The Kier molecular flexibility index (Phi) is 12.1. The van der Waals surface area contributed by atoms with Gasteiger partial charge in [-0.3, -0.25) is 14.6 Å². The Balaban J connectivity index is 1.25. The number of piperazine rings is 1. The van der Waals surface area contributed by atoms with Crippen molar-refractivity contribution in [1.82, 2.24) is 19.5 Å². The molecule has 2 amide bonds. The molecule has 13 nitrogen and oxygen atoms in total. The van der Waals surface area contributed by atoms with Crippen molar-refractivity contribution in [2.24, 2.45) is 22.2 Å². The van der Waals surface area contributed by atoms with Crippen LogP contribution < -0.4 is 26.7 Å². The van der Waals surface area contributed by atoms with Crippen LogP contribution in [0, 0.1) is 6.92 Å². The van der Waals surface area contributed by atoms with Crippen LogP contribution in [0.15, 0.2) is 52.4 Å². The number of benzene rings is 2. The van der Waals surface area contributed by atoms with Crippen LogP contribution in [-0.2, 0) is 26.2 Å². The summed E-state index contributed by atoms with van der Waals surface area (Å²) in [6, 6.07) is 11.5. The largest absolute Gasteiger partial charge is 0.487 e. The maximum Gasteiger partial charge on any atom is 0.243 e. The van der Waals surface area contributed by atoms with E-state index in [1.54, 1.807) is 15.9 Å². The smallest absolute Gasteiger partial charge is 0.243 e. The number of fused-ring (bicyclic) bond motifs is 1. The zero-order valence-electron chi connectivity index (χ0n) is 28.0. The number of carbonyl (C=O) groups excluding carboxylic acids is 2. The third kappa shape index (κ3) is 8.60. The van der Waals surface area contributed by atoms with Gasteiger partial charge in [0, 0.05) is 54.4 Å². The summed E-state index contributed by atoms with van der Waals surface area (Å²) >= 11 is 13.2. The molecule has 0 bridgehead atoms. The Labute approximate surface area is 302 Å². The van der Waals surface area contributed by atoms with Crippen molar-refractivity contribution in [3.8, 4) is 5.75 Å². The van der Waals surface area contributed by atoms with E-state index in [1.165, 1.54) is 12.1 Å². The second-order valence-electron chi connectivity index (χ2n) is 12.8. The molecule has 1 saturated carbocycles. The second-order valence-corrected chi connectivity index (χ2v) is 15.3. The van der Waals surface area contributed by atoms with Gasteiger partial charge in [0.1, 0.15) is 28.3 Å². The summed E-state index contributed by atoms with van der Waals surface area (Å²) in [5, 5.41) is 1.04. The number of halogens is 2. The van der Waals surface area contributed by atoms with E-state index < -0.39 is 21.6 Å². The van der Waals surface area contributed by atoms with Crippen LogP contribution in [0.3, 0.4) is 0 Å². The van der Waals surface area contributed by atoms with Crippen molar-refractivity contribution in [2.75, 3.05) is 32.7 Å². The van der Waals surface area contributed by atoms with Crippen molar-refractivity contribution in [2.45, 2.75) is 75.0 Å². The molecular formula is C34H44Cl2N8O5S. The molecule has 16 heteroatoms. The molecule has 1 atom stereocenters. The maximum absolute atomic E-state index is 14.1. The number of sulfonamides is 1. The molecule has 7 N–H and O–H groups in total. The first kappa shape index (κ1) is 37.6. The lowest BCUT2D eigenvalue weighted by atomic mass is 9.96. The molecule has 2 aliphatic rings. The van der Waals surface area contributed by atoms with E-state index in [9.17, 15) is 18.0 Å². The third-order valence-electron chi connectivity index (χ3n) is 9.24. The first-order valence-corrected chi connectivity index (χ1v) is 18.9. The molecule has 2 fully saturated rings. The quantitative estimate of drug-likeness (QED) is 0.115. The van der Waals surface area contributed by atoms with Crippen LogP contribution in [0.2, 0.25) is 10.0 Å². The molecule has 0 radical (unpaired) electrons. The van der Waals surface area contributed by atoms with Gasteiger partial charge in [0.05, 0.1) is 11.1 Å². The molecule has 2 heterocycles. The summed E-state index contributed by atoms with van der Waals surface area (Å²) in [6.07, 6.45) is 3.92. The Morgan fingerprint density at radius 1 is 1.02 bits per heavy atom. The molecule has 1 saturated heterocycles. The van der Waals surface area contributed by atoms with Gasteiger partial charge in [0.25, 0.3) is 0 Å². The highest BCUT2D eigenvalue weighted by Crippen LogP contribution is 2.37. The Morgan fingerprint density at radius 3 is 2.42 bits per heavy atom. The molecular weight excluding hydrogens is 703 g/mol. The van der Waals surface area contributed by atoms with E-state index in [4.69, 9.17) is 45.1 Å². The van der Waals surface area contributed by atoms with Crippen molar-refractivity contribution < 1.29 is 22.7 Å². The molecule has 1 aliphatic heterocycles. The molecule has 50 heavy (non-hydrogen) atoms. The first-order chi connectivity index (χ1) is 23.8. The van der Waals surface area contributed by atoms with Crippen LogP contribution in [-0.4, -0.2) is 85.3 Å². The number of aliphatic imine (C=N–C) groups is 1. The monoisotopic (exact) mass is 746 g/mol. The van der Waals surface area contributed by atoms with Gasteiger partial charge in [-0.15, -0.1) is 0 Å². The highest BCUT2D eigenvalue weighted by molar-refractivity contribution is 7.89. The number of nitrogens with two attached hydrogens (primary N) is 3. The van der Waals surface area contributed by atoms with Crippen LogP contribution in [0.4, 0.5) is 0 Å². The number of guanidine groups is 1. The predicted molar refractivity (Wildman–Crippen MR) is 194 cm³/mol. The van der Waals surface area contributed by atoms with Crippen LogP contribution in [0.25, 0.3) is 10.9 Å². The number of unbranched alkanes of at least 4 members (excludes halogenated alkanes) is 1. The number of carbonyl (C=O) groups is 2. The molecule has 270 valence electrons. The minimum atomic E-state index is -4.29. The Morgan fingerprint density at radius 2 is 1.72 bits per heavy atom. The standard InChI is InChI=1S/C34H44Cl2N8O5S/c1-22-10-11-23-7-6-9-27(30(23)41-22)49-21-24-25(35)12-13-28(29(24)36)50(47,48)42-34(14-3-4-15-34)32(46)44-19-17-43(18-20-44)31(45)26(37)8-2-5-16-40-33(38)39/h6-7,9-13,26,42H,2-5,8,14-21,37H2,1H3,(H4,38,39,40)/t26-/m0/s1. The zero-order valence-corrected chi connectivity index (χ0v) is 30.4. The fourth-order valence-corrected chi connectivity index (χ4v) is 8.83. The van der Waals surface area contributed by atoms with Crippen LogP contribution in [0.1, 0.15) is 56.2 Å². The fraction of sp³-hybridized carbons (Fsp3) is 0.471. The van der Waals surface area contributed by atoms with Gasteiger partial charge in [-0.1, -0.05) is 54.2 Å².